The molecule has 3 rings (SSSR count). The molecule has 1 fully saturated rings. The van der Waals surface area contributed by atoms with Gasteiger partial charge in [-0.3, -0.25) is 23.4 Å². The lowest BCUT2D eigenvalue weighted by Gasteiger charge is -2.23. The predicted molar refractivity (Wildman–Crippen MR) is 109 cm³/mol. The normalized spacial score (nSPS) is 26.6. The van der Waals surface area contributed by atoms with Gasteiger partial charge in [-0.2, -0.15) is 13.6 Å². The van der Waals surface area contributed by atoms with E-state index >= 15 is 0 Å². The summed E-state index contributed by atoms with van der Waals surface area (Å²) >= 11 is 0. The summed E-state index contributed by atoms with van der Waals surface area (Å²) in [6.07, 6.45) is -6.91. The van der Waals surface area contributed by atoms with Crippen molar-refractivity contribution in [3.8, 4) is 0 Å². The number of rotatable bonds is 10. The highest BCUT2D eigenvalue weighted by Crippen LogP contribution is 2.60. The molecular weight excluding hydrogens is 586 g/mol. The number of hydrogen-bond donors (Lipinski definition) is 9. The van der Waals surface area contributed by atoms with Gasteiger partial charge in [0.15, 0.2) is 17.4 Å². The Morgan fingerprint density at radius 3 is 2.22 bits per heavy atom. The minimum Gasteiger partial charge on any atom is -0.386 e. The number of imidazole rings is 1. The number of aromatic nitrogens is 4. The summed E-state index contributed by atoms with van der Waals surface area (Å²) < 4.78 is 68.0. The van der Waals surface area contributed by atoms with E-state index in [1.165, 1.54) is 0 Å². The van der Waals surface area contributed by atoms with Crippen LogP contribution in [-0.2, 0) is 40.7 Å². The first kappa shape index (κ1) is 29.2. The van der Waals surface area contributed by atoms with Crippen LogP contribution in [0.1, 0.15) is 6.23 Å². The van der Waals surface area contributed by atoms with Gasteiger partial charge in [-0.05, 0) is 0 Å². The molecule has 204 valence electrons. The van der Waals surface area contributed by atoms with Crippen molar-refractivity contribution in [3.05, 3.63) is 16.7 Å². The average Bonchev–Trinajstić information content (AvgIpc) is 3.18. The standard InChI is InChI=1S/C10H17N5O17P4/c11-10-13-7-4(8(17)14-10)12-2-15(7)9-5(16)6(30-36(26,27)32-34(21,22)23)3(29-9)1-28-35(24,25)31-33(18,19)20/h2-3,5-6,9,16H,1H2,(H,24,25)(H,26,27)(H2,18,19,20)(H2,21,22,23)(H3,11,13,14,17)/t3-,5+,6?,9-/m1/s1. The van der Waals surface area contributed by atoms with E-state index in [-0.39, 0.29) is 17.1 Å². The molecule has 3 unspecified atom stereocenters. The third-order valence-corrected chi connectivity index (χ3v) is 8.45. The molecule has 0 spiro atoms. The fourth-order valence-corrected chi connectivity index (χ4v) is 6.37. The molecule has 2 aromatic rings. The molecule has 10 N–H and O–H groups in total. The van der Waals surface area contributed by atoms with Crippen molar-refractivity contribution in [2.75, 3.05) is 12.3 Å². The van der Waals surface area contributed by atoms with Gasteiger partial charge in [0.05, 0.1) is 12.9 Å². The molecule has 0 radical (unpaired) electrons. The molecule has 0 bridgehead atoms. The Morgan fingerprint density at radius 1 is 1.06 bits per heavy atom. The maximum atomic E-state index is 12.0. The fraction of sp³-hybridized carbons (Fsp3) is 0.500. The van der Waals surface area contributed by atoms with Crippen molar-refractivity contribution in [3.63, 3.8) is 0 Å². The van der Waals surface area contributed by atoms with Gasteiger partial charge in [-0.1, -0.05) is 0 Å². The Bertz CT molecular complexity index is 1380. The molecule has 0 aromatic carbocycles. The molecular formula is C10H17N5O17P4. The lowest BCUT2D eigenvalue weighted by atomic mass is 10.1. The summed E-state index contributed by atoms with van der Waals surface area (Å²) in [5, 5.41) is 10.7. The van der Waals surface area contributed by atoms with Crippen molar-refractivity contribution in [1.29, 1.82) is 0 Å². The molecule has 22 nitrogen and oxygen atoms in total. The Morgan fingerprint density at radius 2 is 1.64 bits per heavy atom. The molecule has 1 saturated heterocycles. The lowest BCUT2D eigenvalue weighted by molar-refractivity contribution is -0.0501. The fourth-order valence-electron chi connectivity index (χ4n) is 2.98. The Hall–Kier alpha value is -1.41. The van der Waals surface area contributed by atoms with Crippen molar-refractivity contribution >= 4 is 48.4 Å². The molecule has 0 amide bonds. The quantitative estimate of drug-likeness (QED) is 0.130. The van der Waals surface area contributed by atoms with Crippen molar-refractivity contribution in [2.24, 2.45) is 0 Å². The Balaban J connectivity index is 1.95. The first-order chi connectivity index (χ1) is 16.3. The van der Waals surface area contributed by atoms with E-state index in [4.69, 9.17) is 30.0 Å². The minimum atomic E-state index is -5.66. The summed E-state index contributed by atoms with van der Waals surface area (Å²) in [7, 11) is -22.3. The Labute approximate surface area is 197 Å². The van der Waals surface area contributed by atoms with E-state index < -0.39 is 68.0 Å². The van der Waals surface area contributed by atoms with Crippen LogP contribution in [0, 0.1) is 0 Å². The topological polar surface area (TPSA) is 346 Å². The number of nitrogens with one attached hydrogen (secondary N) is 1. The monoisotopic (exact) mass is 603 g/mol. The van der Waals surface area contributed by atoms with Gasteiger partial charge in [0, 0.05) is 0 Å². The van der Waals surface area contributed by atoms with Crippen LogP contribution in [0.4, 0.5) is 5.95 Å². The zero-order chi connectivity index (χ0) is 27.3. The van der Waals surface area contributed by atoms with E-state index in [2.05, 4.69) is 32.6 Å². The van der Waals surface area contributed by atoms with Gasteiger partial charge in [0.25, 0.3) is 5.56 Å². The second kappa shape index (κ2) is 10.0. The number of phosphoric ester groups is 2. The van der Waals surface area contributed by atoms with Crippen LogP contribution < -0.4 is 11.3 Å². The molecule has 3 heterocycles. The predicted octanol–water partition coefficient (Wildman–Crippen LogP) is -2.22. The van der Waals surface area contributed by atoms with E-state index in [0.717, 1.165) is 10.9 Å². The number of nitrogens with two attached hydrogens (primary N) is 1. The number of H-pyrrole nitrogens is 1. The summed E-state index contributed by atoms with van der Waals surface area (Å²) in [5.74, 6) is -0.389. The first-order valence-corrected chi connectivity index (χ1v) is 14.9. The van der Waals surface area contributed by atoms with Gasteiger partial charge < -0.3 is 44.9 Å². The SMILES string of the molecule is Nc1nc2c(ncn2[C@@H]2O[C@H](COP(=O)(O)OP(=O)(O)O)C(OP(=O)(O)OP(=O)(O)O)[C@@H]2O)c(=O)[nH]1. The van der Waals surface area contributed by atoms with Crippen molar-refractivity contribution < 1.29 is 75.1 Å². The number of hydrogen-bond acceptors (Lipinski definition) is 14. The average molecular weight is 603 g/mol. The largest absolute Gasteiger partial charge is 0.481 e. The summed E-state index contributed by atoms with van der Waals surface area (Å²) in [6, 6.07) is 0. The third-order valence-electron chi connectivity index (χ3n) is 4.11. The Kier molecular flexibility index (Phi) is 8.14. The van der Waals surface area contributed by atoms with E-state index in [9.17, 15) is 37.9 Å². The highest BCUT2D eigenvalue weighted by molar-refractivity contribution is 7.61. The first-order valence-electron chi connectivity index (χ1n) is 8.85. The van der Waals surface area contributed by atoms with Gasteiger partial charge in [0.2, 0.25) is 5.95 Å². The van der Waals surface area contributed by atoms with Gasteiger partial charge in [-0.25, -0.2) is 23.2 Å². The number of aliphatic hydroxyl groups excluding tert-OH is 1. The summed E-state index contributed by atoms with van der Waals surface area (Å²) in [5.41, 5.74) is 4.09. The second-order valence-electron chi connectivity index (χ2n) is 6.78. The number of phosphoric acid groups is 4. The highest BCUT2D eigenvalue weighted by atomic mass is 31.3. The zero-order valence-corrected chi connectivity index (χ0v) is 20.6. The van der Waals surface area contributed by atoms with Gasteiger partial charge in [0.1, 0.15) is 18.3 Å². The highest BCUT2D eigenvalue weighted by Gasteiger charge is 2.51. The van der Waals surface area contributed by atoms with Crippen LogP contribution in [0.25, 0.3) is 11.2 Å². The smallest absolute Gasteiger partial charge is 0.386 e. The third kappa shape index (κ3) is 7.33. The summed E-state index contributed by atoms with van der Waals surface area (Å²) in [6.45, 7) is -1.23. The zero-order valence-electron chi connectivity index (χ0n) is 17.0. The maximum Gasteiger partial charge on any atom is 0.481 e. The summed E-state index contributed by atoms with van der Waals surface area (Å²) in [4.78, 5) is 75.7. The van der Waals surface area contributed by atoms with Crippen LogP contribution in [0.2, 0.25) is 0 Å². The molecule has 1 aliphatic rings. The van der Waals surface area contributed by atoms with Gasteiger partial charge >= 0.3 is 31.3 Å². The second-order valence-corrected chi connectivity index (χ2v) is 12.4. The number of nitrogens with zero attached hydrogens (tertiary/aromatic N) is 3. The van der Waals surface area contributed by atoms with Crippen molar-refractivity contribution in [2.45, 2.75) is 24.5 Å². The number of anilines is 1. The van der Waals surface area contributed by atoms with E-state index in [1.54, 1.807) is 0 Å². The minimum absolute atomic E-state index is 0.281. The number of aliphatic hydroxyl groups is 1. The lowest BCUT2D eigenvalue weighted by Crippen LogP contribution is -2.36. The maximum absolute atomic E-state index is 12.0. The number of fused-ring (bicyclic) bond motifs is 1. The van der Waals surface area contributed by atoms with E-state index in [0.29, 0.717) is 0 Å². The van der Waals surface area contributed by atoms with Crippen LogP contribution in [0.3, 0.4) is 0 Å². The molecule has 6 atom stereocenters. The van der Waals surface area contributed by atoms with Crippen LogP contribution in [-0.4, -0.2) is 78.9 Å². The number of ether oxygens (including phenoxy) is 1. The van der Waals surface area contributed by atoms with E-state index in [1.807, 2.05) is 0 Å². The van der Waals surface area contributed by atoms with Gasteiger partial charge in [-0.15, -0.1) is 0 Å². The number of aromatic amines is 1. The molecule has 36 heavy (non-hydrogen) atoms. The van der Waals surface area contributed by atoms with Crippen LogP contribution >= 0.6 is 31.3 Å². The molecule has 26 heteroatoms. The molecule has 0 aliphatic carbocycles. The molecule has 0 saturated carbocycles. The molecule has 2 aromatic heterocycles. The van der Waals surface area contributed by atoms with Crippen LogP contribution in [0.5, 0.6) is 0 Å². The number of nitrogen functional groups attached to an aromatic ring is 1. The molecule has 1 aliphatic heterocycles. The van der Waals surface area contributed by atoms with Crippen molar-refractivity contribution in [1.82, 2.24) is 19.5 Å². The van der Waals surface area contributed by atoms with Crippen LogP contribution in [0.15, 0.2) is 11.1 Å².